The molecule has 0 radical (unpaired) electrons. The number of benzene rings is 1. The van der Waals surface area contributed by atoms with E-state index in [0.717, 1.165) is 17.5 Å². The Bertz CT molecular complexity index is 425. The highest BCUT2D eigenvalue weighted by molar-refractivity contribution is 5.73. The molecule has 0 spiro atoms. The van der Waals surface area contributed by atoms with E-state index < -0.39 is 12.0 Å². The Balaban J connectivity index is 1.85. The largest absolute Gasteiger partial charge is 0.480 e. The number of hydrogen-bond acceptors (Lipinski definition) is 3. The minimum atomic E-state index is -0.740. The molecule has 0 amide bonds. The van der Waals surface area contributed by atoms with Gasteiger partial charge in [0.15, 0.2) is 0 Å². The van der Waals surface area contributed by atoms with Crippen LogP contribution < -0.4 is 11.1 Å². The van der Waals surface area contributed by atoms with Gasteiger partial charge in [0.1, 0.15) is 6.04 Å². The third-order valence-electron chi connectivity index (χ3n) is 4.15. The van der Waals surface area contributed by atoms with E-state index in [4.69, 9.17) is 5.73 Å². The smallest absolute Gasteiger partial charge is 0.320 e. The van der Waals surface area contributed by atoms with Gasteiger partial charge < -0.3 is 16.2 Å². The maximum Gasteiger partial charge on any atom is 0.320 e. The first kappa shape index (κ1) is 15.0. The van der Waals surface area contributed by atoms with Crippen molar-refractivity contribution < 1.29 is 9.90 Å². The molecule has 1 saturated carbocycles. The van der Waals surface area contributed by atoms with Crippen molar-refractivity contribution in [3.8, 4) is 0 Å². The molecule has 110 valence electrons. The molecule has 1 fully saturated rings. The Morgan fingerprint density at radius 2 is 1.85 bits per heavy atom. The fourth-order valence-corrected chi connectivity index (χ4v) is 2.89. The SMILES string of the molecule is NCc1ccc(CNC(CC2CCCC2)C(=O)O)cc1. The van der Waals surface area contributed by atoms with Gasteiger partial charge in [-0.15, -0.1) is 0 Å². The normalized spacial score (nSPS) is 17.2. The standard InChI is InChI=1S/C16H24N2O2/c17-10-13-5-7-14(8-6-13)11-18-15(16(19)20)9-12-3-1-2-4-12/h5-8,12,15,18H,1-4,9-11,17H2,(H,19,20). The molecule has 20 heavy (non-hydrogen) atoms. The molecule has 1 atom stereocenters. The number of carboxylic acids is 1. The highest BCUT2D eigenvalue weighted by atomic mass is 16.4. The molecule has 0 bridgehead atoms. The Morgan fingerprint density at radius 1 is 1.25 bits per heavy atom. The molecule has 1 aromatic rings. The topological polar surface area (TPSA) is 75.3 Å². The van der Waals surface area contributed by atoms with Crippen LogP contribution >= 0.6 is 0 Å². The van der Waals surface area contributed by atoms with Crippen LogP contribution in [0.15, 0.2) is 24.3 Å². The van der Waals surface area contributed by atoms with Crippen LogP contribution in [0.3, 0.4) is 0 Å². The minimum absolute atomic E-state index is 0.438. The zero-order chi connectivity index (χ0) is 14.4. The lowest BCUT2D eigenvalue weighted by Gasteiger charge is -2.18. The van der Waals surface area contributed by atoms with Crippen LogP contribution in [0.25, 0.3) is 0 Å². The second-order valence-electron chi connectivity index (χ2n) is 5.68. The summed E-state index contributed by atoms with van der Waals surface area (Å²) in [4.78, 5) is 11.3. The second kappa shape index (κ2) is 7.41. The highest BCUT2D eigenvalue weighted by Crippen LogP contribution is 2.28. The summed E-state index contributed by atoms with van der Waals surface area (Å²) in [5.41, 5.74) is 7.75. The van der Waals surface area contributed by atoms with Crippen LogP contribution in [0.5, 0.6) is 0 Å². The second-order valence-corrected chi connectivity index (χ2v) is 5.68. The number of nitrogens with one attached hydrogen (secondary N) is 1. The quantitative estimate of drug-likeness (QED) is 0.714. The summed E-state index contributed by atoms with van der Waals surface area (Å²) in [5.74, 6) is -0.168. The lowest BCUT2D eigenvalue weighted by atomic mass is 9.98. The van der Waals surface area contributed by atoms with E-state index in [0.29, 0.717) is 19.0 Å². The summed E-state index contributed by atoms with van der Waals surface area (Å²) in [6.07, 6.45) is 5.60. The van der Waals surface area contributed by atoms with E-state index in [2.05, 4.69) is 5.32 Å². The number of nitrogens with two attached hydrogens (primary N) is 1. The number of carboxylic acid groups (broad SMARTS) is 1. The predicted octanol–water partition coefficient (Wildman–Crippen LogP) is 2.27. The monoisotopic (exact) mass is 276 g/mol. The third kappa shape index (κ3) is 4.32. The fraction of sp³-hybridized carbons (Fsp3) is 0.562. The number of hydrogen-bond donors (Lipinski definition) is 3. The molecule has 2 rings (SSSR count). The lowest BCUT2D eigenvalue weighted by Crippen LogP contribution is -2.37. The molecule has 0 aromatic heterocycles. The summed E-state index contributed by atoms with van der Waals surface area (Å²) in [7, 11) is 0. The average Bonchev–Trinajstić information content (AvgIpc) is 2.96. The zero-order valence-corrected chi connectivity index (χ0v) is 11.8. The Morgan fingerprint density at radius 3 is 2.40 bits per heavy atom. The van der Waals surface area contributed by atoms with Crippen molar-refractivity contribution in [2.45, 2.75) is 51.2 Å². The Hall–Kier alpha value is -1.39. The maximum absolute atomic E-state index is 11.3. The summed E-state index contributed by atoms with van der Waals surface area (Å²) >= 11 is 0. The number of rotatable bonds is 7. The lowest BCUT2D eigenvalue weighted by molar-refractivity contribution is -0.140. The first-order valence-electron chi connectivity index (χ1n) is 7.43. The van der Waals surface area contributed by atoms with Gasteiger partial charge in [-0.3, -0.25) is 4.79 Å². The molecule has 4 nitrogen and oxygen atoms in total. The van der Waals surface area contributed by atoms with Gasteiger partial charge in [-0.1, -0.05) is 49.9 Å². The van der Waals surface area contributed by atoms with Gasteiger partial charge in [0, 0.05) is 13.1 Å². The van der Waals surface area contributed by atoms with E-state index >= 15 is 0 Å². The molecule has 0 saturated heterocycles. The maximum atomic E-state index is 11.3. The molecular weight excluding hydrogens is 252 g/mol. The van der Waals surface area contributed by atoms with Crippen molar-refractivity contribution in [1.82, 2.24) is 5.32 Å². The highest BCUT2D eigenvalue weighted by Gasteiger charge is 2.24. The third-order valence-corrected chi connectivity index (χ3v) is 4.15. The van der Waals surface area contributed by atoms with Crippen LogP contribution in [0.4, 0.5) is 0 Å². The Kier molecular flexibility index (Phi) is 5.56. The van der Waals surface area contributed by atoms with Gasteiger partial charge in [0.25, 0.3) is 0 Å². The predicted molar refractivity (Wildman–Crippen MR) is 79.2 cm³/mol. The van der Waals surface area contributed by atoms with Crippen molar-refractivity contribution in [3.05, 3.63) is 35.4 Å². The summed E-state index contributed by atoms with van der Waals surface area (Å²) in [6, 6.07) is 7.55. The van der Waals surface area contributed by atoms with Crippen molar-refractivity contribution >= 4 is 5.97 Å². The molecule has 0 heterocycles. The number of aliphatic carboxylic acids is 1. The van der Waals surface area contributed by atoms with Gasteiger partial charge in [0.2, 0.25) is 0 Å². The van der Waals surface area contributed by atoms with Crippen LogP contribution in [0, 0.1) is 5.92 Å². The van der Waals surface area contributed by atoms with Crippen LogP contribution in [0.2, 0.25) is 0 Å². The van der Waals surface area contributed by atoms with E-state index in [1.165, 1.54) is 25.7 Å². The molecular formula is C16H24N2O2. The minimum Gasteiger partial charge on any atom is -0.480 e. The molecule has 1 unspecified atom stereocenters. The Labute approximate surface area is 120 Å². The van der Waals surface area contributed by atoms with Crippen molar-refractivity contribution in [3.63, 3.8) is 0 Å². The molecule has 1 aliphatic carbocycles. The van der Waals surface area contributed by atoms with E-state index in [9.17, 15) is 9.90 Å². The van der Waals surface area contributed by atoms with Crippen LogP contribution in [-0.4, -0.2) is 17.1 Å². The first-order chi connectivity index (χ1) is 9.69. The van der Waals surface area contributed by atoms with Gasteiger partial charge in [-0.05, 0) is 23.5 Å². The van der Waals surface area contributed by atoms with E-state index in [-0.39, 0.29) is 0 Å². The zero-order valence-electron chi connectivity index (χ0n) is 11.8. The molecule has 0 aliphatic heterocycles. The van der Waals surface area contributed by atoms with Gasteiger partial charge in [-0.2, -0.15) is 0 Å². The van der Waals surface area contributed by atoms with E-state index in [1.54, 1.807) is 0 Å². The van der Waals surface area contributed by atoms with Gasteiger partial charge in [0.05, 0.1) is 0 Å². The summed E-state index contributed by atoms with van der Waals surface area (Å²) in [6.45, 7) is 1.13. The van der Waals surface area contributed by atoms with Crippen molar-refractivity contribution in [1.29, 1.82) is 0 Å². The molecule has 1 aromatic carbocycles. The fourth-order valence-electron chi connectivity index (χ4n) is 2.89. The van der Waals surface area contributed by atoms with Crippen molar-refractivity contribution in [2.24, 2.45) is 11.7 Å². The first-order valence-corrected chi connectivity index (χ1v) is 7.43. The van der Waals surface area contributed by atoms with Gasteiger partial charge in [-0.25, -0.2) is 0 Å². The van der Waals surface area contributed by atoms with Crippen LogP contribution in [0.1, 0.15) is 43.2 Å². The van der Waals surface area contributed by atoms with E-state index in [1.807, 2.05) is 24.3 Å². The van der Waals surface area contributed by atoms with Crippen LogP contribution in [-0.2, 0) is 17.9 Å². The summed E-state index contributed by atoms with van der Waals surface area (Å²) in [5, 5.41) is 12.5. The molecule has 4 heteroatoms. The van der Waals surface area contributed by atoms with Gasteiger partial charge >= 0.3 is 5.97 Å². The molecule has 1 aliphatic rings. The number of carbonyl (C=O) groups is 1. The average molecular weight is 276 g/mol. The van der Waals surface area contributed by atoms with Crippen molar-refractivity contribution in [2.75, 3.05) is 0 Å². The summed E-state index contributed by atoms with van der Waals surface area (Å²) < 4.78 is 0. The molecule has 4 N–H and O–H groups in total.